The molecule has 2 rings (SSSR count). The van der Waals surface area contributed by atoms with E-state index >= 15 is 0 Å². The highest BCUT2D eigenvalue weighted by Gasteiger charge is 2.23. The van der Waals surface area contributed by atoms with Crippen LogP contribution in [-0.2, 0) is 11.3 Å². The van der Waals surface area contributed by atoms with Crippen molar-refractivity contribution < 1.29 is 19.7 Å². The van der Waals surface area contributed by atoms with Gasteiger partial charge >= 0.3 is 6.09 Å². The van der Waals surface area contributed by atoms with E-state index in [1.54, 1.807) is 24.0 Å². The van der Waals surface area contributed by atoms with E-state index in [1.165, 1.54) is 6.07 Å². The first-order valence-electron chi connectivity index (χ1n) is 7.26. The second kappa shape index (κ2) is 7.17. The van der Waals surface area contributed by atoms with Crippen LogP contribution in [0.2, 0.25) is 0 Å². The summed E-state index contributed by atoms with van der Waals surface area (Å²) in [5, 5.41) is 22.3. The largest absolute Gasteiger partial charge is 0.508 e. The van der Waals surface area contributed by atoms with E-state index in [-0.39, 0.29) is 17.6 Å². The fourth-order valence-corrected chi connectivity index (χ4v) is 2.44. The Morgan fingerprint density at radius 2 is 2.10 bits per heavy atom. The minimum Gasteiger partial charge on any atom is -0.508 e. The summed E-state index contributed by atoms with van der Waals surface area (Å²) in [5.41, 5.74) is 0.751. The molecule has 21 heavy (non-hydrogen) atoms. The van der Waals surface area contributed by atoms with Crippen molar-refractivity contribution in [3.63, 3.8) is 0 Å². The number of nitrogens with one attached hydrogen (secondary N) is 1. The molecular formula is C15H22N2O4. The van der Waals surface area contributed by atoms with Crippen LogP contribution >= 0.6 is 0 Å². The molecule has 1 saturated heterocycles. The second-order valence-corrected chi connectivity index (χ2v) is 5.15. The van der Waals surface area contributed by atoms with Gasteiger partial charge in [-0.15, -0.1) is 0 Å². The van der Waals surface area contributed by atoms with Gasteiger partial charge in [-0.1, -0.05) is 6.07 Å². The van der Waals surface area contributed by atoms with Crippen molar-refractivity contribution in [1.29, 1.82) is 0 Å². The van der Waals surface area contributed by atoms with Crippen LogP contribution in [0.25, 0.3) is 0 Å². The summed E-state index contributed by atoms with van der Waals surface area (Å²) in [6, 6.07) is 4.90. The van der Waals surface area contributed by atoms with Crippen LogP contribution in [0.4, 0.5) is 4.79 Å². The minimum absolute atomic E-state index is 0.0546. The third-order valence-corrected chi connectivity index (χ3v) is 3.67. The van der Waals surface area contributed by atoms with E-state index in [0.29, 0.717) is 32.3 Å². The highest BCUT2D eigenvalue weighted by atomic mass is 16.6. The third kappa shape index (κ3) is 4.26. The zero-order valence-electron chi connectivity index (χ0n) is 12.2. The number of phenolic OH excluding ortho intramolecular Hbond substituents is 2. The second-order valence-electron chi connectivity index (χ2n) is 5.15. The first-order chi connectivity index (χ1) is 10.1. The highest BCUT2D eigenvalue weighted by Crippen LogP contribution is 2.22. The van der Waals surface area contributed by atoms with E-state index in [2.05, 4.69) is 5.32 Å². The van der Waals surface area contributed by atoms with Gasteiger partial charge in [0.15, 0.2) is 0 Å². The van der Waals surface area contributed by atoms with E-state index in [4.69, 9.17) is 4.74 Å². The summed E-state index contributed by atoms with van der Waals surface area (Å²) in [4.78, 5) is 13.3. The maximum absolute atomic E-state index is 11.6. The van der Waals surface area contributed by atoms with Crippen LogP contribution in [0.3, 0.4) is 0 Å². The third-order valence-electron chi connectivity index (χ3n) is 3.67. The van der Waals surface area contributed by atoms with Crippen LogP contribution in [0.1, 0.15) is 25.3 Å². The highest BCUT2D eigenvalue weighted by molar-refractivity contribution is 5.67. The SMILES string of the molecule is CCOC(=O)N1CCC(NCc2ccc(O)cc2O)CC1. The molecule has 0 saturated carbocycles. The van der Waals surface area contributed by atoms with E-state index in [9.17, 15) is 15.0 Å². The molecule has 1 amide bonds. The summed E-state index contributed by atoms with van der Waals surface area (Å²) >= 11 is 0. The molecule has 1 heterocycles. The van der Waals surface area contributed by atoms with Crippen molar-refractivity contribution in [2.45, 2.75) is 32.4 Å². The Morgan fingerprint density at radius 3 is 2.71 bits per heavy atom. The van der Waals surface area contributed by atoms with Crippen molar-refractivity contribution in [2.75, 3.05) is 19.7 Å². The zero-order chi connectivity index (χ0) is 15.2. The summed E-state index contributed by atoms with van der Waals surface area (Å²) in [6.07, 6.45) is 1.47. The number of likely N-dealkylation sites (tertiary alicyclic amines) is 1. The molecule has 0 spiro atoms. The zero-order valence-corrected chi connectivity index (χ0v) is 12.2. The smallest absolute Gasteiger partial charge is 0.409 e. The van der Waals surface area contributed by atoms with Gasteiger partial charge < -0.3 is 25.2 Å². The monoisotopic (exact) mass is 294 g/mol. The number of hydrogen-bond acceptors (Lipinski definition) is 5. The molecule has 6 nitrogen and oxygen atoms in total. The van der Waals surface area contributed by atoms with Crippen LogP contribution in [0, 0.1) is 0 Å². The lowest BCUT2D eigenvalue weighted by molar-refractivity contribution is 0.0950. The number of carbonyl (C=O) groups excluding carboxylic acids is 1. The summed E-state index contributed by atoms with van der Waals surface area (Å²) < 4.78 is 4.98. The number of aromatic hydroxyl groups is 2. The standard InChI is InChI=1S/C15H22N2O4/c1-2-21-15(20)17-7-5-12(6-8-17)16-10-11-3-4-13(18)9-14(11)19/h3-4,9,12,16,18-19H,2,5-8,10H2,1H3. The summed E-state index contributed by atoms with van der Waals surface area (Å²) in [5.74, 6) is 0.144. The number of phenols is 2. The van der Waals surface area contributed by atoms with Crippen molar-refractivity contribution in [2.24, 2.45) is 0 Å². The molecule has 3 N–H and O–H groups in total. The Morgan fingerprint density at radius 1 is 1.38 bits per heavy atom. The van der Waals surface area contributed by atoms with Gasteiger partial charge in [0.1, 0.15) is 11.5 Å². The molecule has 1 aromatic rings. The topological polar surface area (TPSA) is 82.0 Å². The number of carbonyl (C=O) groups is 1. The fourth-order valence-electron chi connectivity index (χ4n) is 2.44. The number of piperidine rings is 1. The van der Waals surface area contributed by atoms with Gasteiger partial charge in [-0.05, 0) is 25.8 Å². The van der Waals surface area contributed by atoms with Crippen molar-refractivity contribution in [3.05, 3.63) is 23.8 Å². The number of amides is 1. The van der Waals surface area contributed by atoms with E-state index in [1.807, 2.05) is 0 Å². The van der Waals surface area contributed by atoms with Gasteiger partial charge in [-0.2, -0.15) is 0 Å². The number of ether oxygens (including phenoxy) is 1. The average molecular weight is 294 g/mol. The molecule has 0 atom stereocenters. The molecule has 1 fully saturated rings. The quantitative estimate of drug-likeness (QED) is 0.789. The number of benzene rings is 1. The molecular weight excluding hydrogens is 272 g/mol. The molecule has 116 valence electrons. The van der Waals surface area contributed by atoms with E-state index < -0.39 is 0 Å². The van der Waals surface area contributed by atoms with Crippen LogP contribution in [0.5, 0.6) is 11.5 Å². The normalized spacial score (nSPS) is 16.0. The lowest BCUT2D eigenvalue weighted by atomic mass is 10.0. The van der Waals surface area contributed by atoms with Gasteiger partial charge in [0.25, 0.3) is 0 Å². The van der Waals surface area contributed by atoms with Crippen molar-refractivity contribution in [3.8, 4) is 11.5 Å². The summed E-state index contributed by atoms with van der Waals surface area (Å²) in [6.45, 7) is 4.10. The maximum atomic E-state index is 11.6. The van der Waals surface area contributed by atoms with Gasteiger partial charge in [-0.25, -0.2) is 4.79 Å². The Balaban J connectivity index is 1.77. The van der Waals surface area contributed by atoms with Gasteiger partial charge in [0.2, 0.25) is 0 Å². The predicted octanol–water partition coefficient (Wildman–Crippen LogP) is 1.81. The fraction of sp³-hybridized carbons (Fsp3) is 0.533. The summed E-state index contributed by atoms with van der Waals surface area (Å²) in [7, 11) is 0. The van der Waals surface area contributed by atoms with Crippen LogP contribution in [-0.4, -0.2) is 46.9 Å². The van der Waals surface area contributed by atoms with Crippen LogP contribution in [0.15, 0.2) is 18.2 Å². The van der Waals surface area contributed by atoms with Crippen molar-refractivity contribution >= 4 is 6.09 Å². The van der Waals surface area contributed by atoms with Gasteiger partial charge in [0, 0.05) is 37.3 Å². The first kappa shape index (κ1) is 15.4. The first-order valence-corrected chi connectivity index (χ1v) is 7.26. The lowest BCUT2D eigenvalue weighted by Crippen LogP contribution is -2.44. The number of hydrogen-bond donors (Lipinski definition) is 3. The number of rotatable bonds is 4. The average Bonchev–Trinajstić information content (AvgIpc) is 2.47. The molecule has 0 aliphatic carbocycles. The molecule has 1 aliphatic rings. The molecule has 0 radical (unpaired) electrons. The number of nitrogens with zero attached hydrogens (tertiary/aromatic N) is 1. The molecule has 0 unspecified atom stereocenters. The van der Waals surface area contributed by atoms with Crippen LogP contribution < -0.4 is 5.32 Å². The molecule has 1 aliphatic heterocycles. The minimum atomic E-state index is -0.243. The Labute approximate surface area is 124 Å². The lowest BCUT2D eigenvalue weighted by Gasteiger charge is -2.31. The maximum Gasteiger partial charge on any atom is 0.409 e. The molecule has 6 heteroatoms. The Kier molecular flexibility index (Phi) is 5.27. The predicted molar refractivity (Wildman–Crippen MR) is 78.2 cm³/mol. The Bertz CT molecular complexity index is 485. The van der Waals surface area contributed by atoms with Gasteiger partial charge in [0.05, 0.1) is 6.61 Å². The Hall–Kier alpha value is -1.95. The van der Waals surface area contributed by atoms with E-state index in [0.717, 1.165) is 18.4 Å². The molecule has 0 aromatic heterocycles. The molecule has 1 aromatic carbocycles. The van der Waals surface area contributed by atoms with Crippen molar-refractivity contribution in [1.82, 2.24) is 10.2 Å². The molecule has 0 bridgehead atoms. The van der Waals surface area contributed by atoms with Gasteiger partial charge in [-0.3, -0.25) is 0 Å².